The maximum Gasteiger partial charge on any atom is 0.349 e. The molecular weight excluding hydrogens is 243 g/mol. The average molecular weight is 250 g/mol. The molecule has 0 unspecified atom stereocenters. The van der Waals surface area contributed by atoms with Crippen molar-refractivity contribution in [3.8, 4) is 0 Å². The number of hydrogen-bond donors (Lipinski definition) is 3. The summed E-state index contributed by atoms with van der Waals surface area (Å²) in [5.41, 5.74) is 4.94. The molecule has 1 aliphatic rings. The van der Waals surface area contributed by atoms with Crippen molar-refractivity contribution in [1.82, 2.24) is 5.32 Å². The molecule has 0 saturated heterocycles. The van der Waals surface area contributed by atoms with Crippen molar-refractivity contribution in [2.24, 2.45) is 10.7 Å². The highest BCUT2D eigenvalue weighted by atomic mass is 19.1. The first kappa shape index (κ1) is 11.7. The van der Waals surface area contributed by atoms with E-state index >= 15 is 0 Å². The Bertz CT molecular complexity index is 597. The second-order valence-corrected chi connectivity index (χ2v) is 3.40. The van der Waals surface area contributed by atoms with Crippen molar-refractivity contribution >= 4 is 29.4 Å². The number of urea groups is 2. The summed E-state index contributed by atoms with van der Waals surface area (Å²) in [6, 6.07) is 1.37. The smallest absolute Gasteiger partial charge is 0.349 e. The van der Waals surface area contributed by atoms with E-state index in [1.165, 1.54) is 6.07 Å². The molecule has 2 rings (SSSR count). The number of anilines is 1. The summed E-state index contributed by atoms with van der Waals surface area (Å²) in [6.07, 6.45) is 0. The number of carbonyl (C=O) groups excluding carboxylic acids is 3. The predicted molar refractivity (Wildman–Crippen MR) is 59.7 cm³/mol. The van der Waals surface area contributed by atoms with Crippen LogP contribution in [0.25, 0.3) is 0 Å². The number of aliphatic imine (C=N–C) groups is 1. The van der Waals surface area contributed by atoms with Crippen molar-refractivity contribution < 1.29 is 18.8 Å². The largest absolute Gasteiger partial charge is 0.351 e. The van der Waals surface area contributed by atoms with Gasteiger partial charge >= 0.3 is 12.1 Å². The molecule has 1 heterocycles. The Hall–Kier alpha value is -2.77. The summed E-state index contributed by atoms with van der Waals surface area (Å²) in [5, 5.41) is 4.08. The normalized spacial score (nSPS) is 15.2. The first-order valence-corrected chi connectivity index (χ1v) is 4.78. The van der Waals surface area contributed by atoms with Gasteiger partial charge in [-0.2, -0.15) is 4.99 Å². The van der Waals surface area contributed by atoms with Gasteiger partial charge in [0.2, 0.25) is 0 Å². The number of imide groups is 1. The van der Waals surface area contributed by atoms with Crippen LogP contribution in [0.5, 0.6) is 0 Å². The SMILES string of the molecule is NC(=O)NC(=O)/N=C1\C(=O)Nc2ccc(F)cc21. The zero-order valence-electron chi connectivity index (χ0n) is 8.86. The first-order chi connectivity index (χ1) is 8.47. The zero-order valence-corrected chi connectivity index (χ0v) is 8.86. The van der Waals surface area contributed by atoms with Crippen LogP contribution in [0.4, 0.5) is 19.7 Å². The summed E-state index contributed by atoms with van der Waals surface area (Å²) >= 11 is 0. The van der Waals surface area contributed by atoms with Gasteiger partial charge in [0, 0.05) is 5.56 Å². The molecule has 0 saturated carbocycles. The van der Waals surface area contributed by atoms with Crippen molar-refractivity contribution in [3.63, 3.8) is 0 Å². The lowest BCUT2D eigenvalue weighted by Crippen LogP contribution is -2.34. The minimum Gasteiger partial charge on any atom is -0.351 e. The number of rotatable bonds is 0. The van der Waals surface area contributed by atoms with E-state index < -0.39 is 23.8 Å². The summed E-state index contributed by atoms with van der Waals surface area (Å²) in [7, 11) is 0. The van der Waals surface area contributed by atoms with E-state index in [1.807, 2.05) is 0 Å². The Morgan fingerprint density at radius 3 is 2.78 bits per heavy atom. The topological polar surface area (TPSA) is 114 Å². The molecule has 4 N–H and O–H groups in total. The molecule has 92 valence electrons. The molecule has 1 aliphatic heterocycles. The van der Waals surface area contributed by atoms with E-state index in [0.717, 1.165) is 12.1 Å². The molecule has 0 fully saturated rings. The third-order valence-corrected chi connectivity index (χ3v) is 2.14. The predicted octanol–water partition coefficient (Wildman–Crippen LogP) is 0.355. The standard InChI is InChI=1S/C10H7FN4O3/c11-4-1-2-6-5(3-4)7(8(16)13-6)14-10(18)15-9(12)17/h1-3H,(H4,12,13,14,15,16,17,18). The molecule has 0 radical (unpaired) electrons. The Kier molecular flexibility index (Phi) is 2.76. The van der Waals surface area contributed by atoms with Crippen LogP contribution in [0.2, 0.25) is 0 Å². The fourth-order valence-electron chi connectivity index (χ4n) is 1.47. The van der Waals surface area contributed by atoms with Crippen LogP contribution in [-0.2, 0) is 4.79 Å². The van der Waals surface area contributed by atoms with Crippen molar-refractivity contribution in [2.45, 2.75) is 0 Å². The minimum absolute atomic E-state index is 0.152. The highest BCUT2D eigenvalue weighted by molar-refractivity contribution is 6.54. The number of nitrogens with one attached hydrogen (secondary N) is 2. The number of halogens is 1. The molecule has 0 aliphatic carbocycles. The molecule has 7 nitrogen and oxygen atoms in total. The van der Waals surface area contributed by atoms with Crippen LogP contribution < -0.4 is 16.4 Å². The van der Waals surface area contributed by atoms with Crippen molar-refractivity contribution in [1.29, 1.82) is 0 Å². The minimum atomic E-state index is -1.10. The Balaban J connectivity index is 2.38. The van der Waals surface area contributed by atoms with Gasteiger partial charge in [-0.3, -0.25) is 10.1 Å². The molecule has 1 aromatic rings. The number of amides is 5. The number of primary amides is 1. The Morgan fingerprint density at radius 2 is 2.11 bits per heavy atom. The summed E-state index contributed by atoms with van der Waals surface area (Å²) < 4.78 is 13.0. The second kappa shape index (κ2) is 4.24. The number of hydrogen-bond acceptors (Lipinski definition) is 3. The van der Waals surface area contributed by atoms with E-state index in [-0.39, 0.29) is 11.3 Å². The Morgan fingerprint density at radius 1 is 1.39 bits per heavy atom. The zero-order chi connectivity index (χ0) is 13.3. The fourth-order valence-corrected chi connectivity index (χ4v) is 1.47. The average Bonchev–Trinajstić information content (AvgIpc) is 2.55. The highest BCUT2D eigenvalue weighted by Gasteiger charge is 2.27. The van der Waals surface area contributed by atoms with Gasteiger partial charge in [0.1, 0.15) is 11.5 Å². The molecule has 0 spiro atoms. The molecule has 0 aromatic heterocycles. The number of nitrogens with zero attached hydrogens (tertiary/aromatic N) is 1. The quantitative estimate of drug-likeness (QED) is 0.617. The summed E-state index contributed by atoms with van der Waals surface area (Å²) in [5.74, 6) is -1.23. The van der Waals surface area contributed by atoms with Gasteiger partial charge in [-0.25, -0.2) is 14.0 Å². The monoisotopic (exact) mass is 250 g/mol. The van der Waals surface area contributed by atoms with Gasteiger partial charge in [0.25, 0.3) is 5.91 Å². The summed E-state index contributed by atoms with van der Waals surface area (Å²) in [6.45, 7) is 0. The van der Waals surface area contributed by atoms with Gasteiger partial charge in [0.05, 0.1) is 5.69 Å². The number of fused-ring (bicyclic) bond motifs is 1. The van der Waals surface area contributed by atoms with Crippen LogP contribution >= 0.6 is 0 Å². The van der Waals surface area contributed by atoms with Crippen LogP contribution in [0.1, 0.15) is 5.56 Å². The number of nitrogens with two attached hydrogens (primary N) is 1. The maximum atomic E-state index is 13.0. The fraction of sp³-hybridized carbons (Fsp3) is 0. The molecule has 1 aromatic carbocycles. The third kappa shape index (κ3) is 2.17. The third-order valence-electron chi connectivity index (χ3n) is 2.14. The van der Waals surface area contributed by atoms with Crippen LogP contribution in [0.15, 0.2) is 23.2 Å². The highest BCUT2D eigenvalue weighted by Crippen LogP contribution is 2.24. The van der Waals surface area contributed by atoms with Gasteiger partial charge in [-0.05, 0) is 18.2 Å². The molecule has 0 atom stereocenters. The molecule has 18 heavy (non-hydrogen) atoms. The van der Waals surface area contributed by atoms with Gasteiger partial charge in [-0.15, -0.1) is 0 Å². The first-order valence-electron chi connectivity index (χ1n) is 4.78. The van der Waals surface area contributed by atoms with E-state index in [1.54, 1.807) is 5.32 Å². The van der Waals surface area contributed by atoms with E-state index in [4.69, 9.17) is 5.73 Å². The lowest BCUT2D eigenvalue weighted by Gasteiger charge is -1.97. The molecule has 5 amide bonds. The second-order valence-electron chi connectivity index (χ2n) is 3.40. The van der Waals surface area contributed by atoms with Gasteiger partial charge < -0.3 is 11.1 Å². The van der Waals surface area contributed by atoms with Crippen molar-refractivity contribution in [3.05, 3.63) is 29.6 Å². The van der Waals surface area contributed by atoms with Crippen LogP contribution in [-0.4, -0.2) is 23.7 Å². The van der Waals surface area contributed by atoms with Gasteiger partial charge in [-0.1, -0.05) is 0 Å². The van der Waals surface area contributed by atoms with E-state index in [0.29, 0.717) is 5.69 Å². The van der Waals surface area contributed by atoms with E-state index in [9.17, 15) is 18.8 Å². The molecular formula is C10H7FN4O3. The lowest BCUT2D eigenvalue weighted by atomic mass is 10.1. The lowest BCUT2D eigenvalue weighted by molar-refractivity contribution is -0.110. The van der Waals surface area contributed by atoms with E-state index in [2.05, 4.69) is 10.3 Å². The summed E-state index contributed by atoms with van der Waals surface area (Å²) in [4.78, 5) is 36.5. The van der Waals surface area contributed by atoms with Gasteiger partial charge in [0.15, 0.2) is 0 Å². The van der Waals surface area contributed by atoms with Crippen molar-refractivity contribution in [2.75, 3.05) is 5.32 Å². The molecule has 8 heteroatoms. The Labute approximate surface area is 99.9 Å². The molecule has 0 bridgehead atoms. The number of benzene rings is 1. The maximum absolute atomic E-state index is 13.0. The van der Waals surface area contributed by atoms with Crippen LogP contribution in [0.3, 0.4) is 0 Å². The van der Waals surface area contributed by atoms with Crippen LogP contribution in [0, 0.1) is 5.82 Å². The number of carbonyl (C=O) groups is 3.